The zero-order valence-electron chi connectivity index (χ0n) is 17.6. The van der Waals surface area contributed by atoms with Crippen LogP contribution in [0.4, 0.5) is 11.4 Å². The average Bonchev–Trinajstić information content (AvgIpc) is 2.97. The Bertz CT molecular complexity index is 894. The smallest absolute Gasteiger partial charge is 0.199 e. The van der Waals surface area contributed by atoms with Gasteiger partial charge < -0.3 is 0 Å². The Balaban J connectivity index is 1.58. The van der Waals surface area contributed by atoms with Crippen LogP contribution in [0.15, 0.2) is 48.5 Å². The van der Waals surface area contributed by atoms with E-state index in [9.17, 15) is 0 Å². The molecule has 2 aromatic carbocycles. The van der Waals surface area contributed by atoms with Gasteiger partial charge in [0.05, 0.1) is 17.3 Å². The van der Waals surface area contributed by atoms with E-state index >= 15 is 0 Å². The van der Waals surface area contributed by atoms with Gasteiger partial charge in [-0.25, -0.2) is 0 Å². The molecule has 0 atom stereocenters. The van der Waals surface area contributed by atoms with E-state index in [1.165, 1.54) is 33.9 Å². The molecule has 2 aliphatic heterocycles. The zero-order valence-corrected chi connectivity index (χ0v) is 17.6. The molecule has 0 saturated heterocycles. The van der Waals surface area contributed by atoms with Crippen LogP contribution in [0.3, 0.4) is 0 Å². The van der Waals surface area contributed by atoms with E-state index < -0.39 is 0 Å². The van der Waals surface area contributed by atoms with Gasteiger partial charge in [-0.2, -0.15) is 9.15 Å². The Hall–Kier alpha value is -2.22. The monoisotopic (exact) mass is 360 g/mol. The summed E-state index contributed by atoms with van der Waals surface area (Å²) in [7, 11) is 0. The molecule has 0 saturated carbocycles. The molecule has 2 heterocycles. The van der Waals surface area contributed by atoms with Crippen LogP contribution in [0.5, 0.6) is 0 Å². The molecule has 0 aliphatic carbocycles. The van der Waals surface area contributed by atoms with Crippen molar-refractivity contribution in [3.8, 4) is 0 Å². The fourth-order valence-corrected chi connectivity index (χ4v) is 4.86. The first-order valence-corrected chi connectivity index (χ1v) is 10.2. The lowest BCUT2D eigenvalue weighted by Gasteiger charge is -2.14. The highest BCUT2D eigenvalue weighted by Gasteiger charge is 2.44. The third-order valence-electron chi connectivity index (χ3n) is 7.12. The second-order valence-electron chi connectivity index (χ2n) is 9.11. The van der Waals surface area contributed by atoms with E-state index in [1.54, 1.807) is 0 Å². The minimum absolute atomic E-state index is 0.126. The highest BCUT2D eigenvalue weighted by molar-refractivity contribution is 5.94. The molecule has 0 unspecified atom stereocenters. The molecular formula is C25H32N2+2. The van der Waals surface area contributed by atoms with Crippen molar-refractivity contribution >= 4 is 22.8 Å². The highest BCUT2D eigenvalue weighted by Crippen LogP contribution is 2.40. The maximum absolute atomic E-state index is 2.54. The summed E-state index contributed by atoms with van der Waals surface area (Å²) in [5.41, 5.74) is 8.88. The lowest BCUT2D eigenvalue weighted by Crippen LogP contribution is -2.28. The first kappa shape index (κ1) is 18.2. The van der Waals surface area contributed by atoms with Crippen LogP contribution in [0.25, 0.3) is 0 Å². The molecular weight excluding hydrogens is 328 g/mol. The van der Waals surface area contributed by atoms with Crippen molar-refractivity contribution in [2.24, 2.45) is 0 Å². The Morgan fingerprint density at radius 1 is 0.630 bits per heavy atom. The largest absolute Gasteiger partial charge is 0.209 e. The summed E-state index contributed by atoms with van der Waals surface area (Å²) in [5.74, 6) is 0. The molecule has 2 nitrogen and oxygen atoms in total. The van der Waals surface area contributed by atoms with E-state index in [0.717, 1.165) is 19.5 Å². The fourth-order valence-electron chi connectivity index (χ4n) is 4.86. The van der Waals surface area contributed by atoms with E-state index in [4.69, 9.17) is 0 Å². The van der Waals surface area contributed by atoms with Crippen molar-refractivity contribution in [3.63, 3.8) is 0 Å². The summed E-state index contributed by atoms with van der Waals surface area (Å²) in [6.07, 6.45) is 1.14. The lowest BCUT2D eigenvalue weighted by molar-refractivity contribution is -0.471. The Morgan fingerprint density at radius 2 is 1.00 bits per heavy atom. The van der Waals surface area contributed by atoms with Crippen molar-refractivity contribution in [2.75, 3.05) is 13.1 Å². The third kappa shape index (κ3) is 2.61. The topological polar surface area (TPSA) is 6.02 Å². The van der Waals surface area contributed by atoms with Gasteiger partial charge in [0.25, 0.3) is 0 Å². The molecule has 0 bridgehead atoms. The van der Waals surface area contributed by atoms with Gasteiger partial charge in [-0.05, 0) is 27.7 Å². The van der Waals surface area contributed by atoms with Crippen LogP contribution >= 0.6 is 0 Å². The first-order valence-electron chi connectivity index (χ1n) is 10.2. The number of hydrogen-bond donors (Lipinski definition) is 0. The average molecular weight is 361 g/mol. The second kappa shape index (κ2) is 6.15. The van der Waals surface area contributed by atoms with E-state index in [-0.39, 0.29) is 10.8 Å². The van der Waals surface area contributed by atoms with Crippen molar-refractivity contribution in [1.82, 2.24) is 0 Å². The zero-order chi connectivity index (χ0) is 19.4. The fraction of sp³-hybridized carbons (Fsp3) is 0.440. The summed E-state index contributed by atoms with van der Waals surface area (Å²) in [4.78, 5) is 0. The molecule has 0 N–H and O–H groups in total. The van der Waals surface area contributed by atoms with Crippen LogP contribution in [-0.2, 0) is 10.8 Å². The number of benzene rings is 2. The number of fused-ring (bicyclic) bond motifs is 2. The maximum Gasteiger partial charge on any atom is 0.209 e. The highest BCUT2D eigenvalue weighted by atomic mass is 15.1. The molecule has 2 aromatic rings. The summed E-state index contributed by atoms with van der Waals surface area (Å²) in [5, 5.41) is 0. The second-order valence-corrected chi connectivity index (χ2v) is 9.11. The minimum Gasteiger partial charge on any atom is -0.199 e. The predicted octanol–water partition coefficient (Wildman–Crippen LogP) is 5.57. The summed E-state index contributed by atoms with van der Waals surface area (Å²) in [6.45, 7) is 16.1. The van der Waals surface area contributed by atoms with Gasteiger partial charge >= 0.3 is 0 Å². The molecule has 2 heteroatoms. The molecule has 27 heavy (non-hydrogen) atoms. The van der Waals surface area contributed by atoms with Gasteiger partial charge in [-0.3, -0.25) is 0 Å². The van der Waals surface area contributed by atoms with E-state index in [2.05, 4.69) is 99.2 Å². The number of para-hydroxylation sites is 2. The summed E-state index contributed by atoms with van der Waals surface area (Å²) < 4.78 is 5.08. The summed E-state index contributed by atoms with van der Waals surface area (Å²) in [6, 6.07) is 17.8. The van der Waals surface area contributed by atoms with Crippen LogP contribution in [0, 0.1) is 0 Å². The van der Waals surface area contributed by atoms with E-state index in [0.29, 0.717) is 0 Å². The molecule has 140 valence electrons. The van der Waals surface area contributed by atoms with Gasteiger partial charge in [-0.15, -0.1) is 0 Å². The van der Waals surface area contributed by atoms with Crippen molar-refractivity contribution in [3.05, 3.63) is 59.7 Å². The van der Waals surface area contributed by atoms with E-state index in [1.807, 2.05) is 0 Å². The van der Waals surface area contributed by atoms with Crippen LogP contribution < -0.4 is 0 Å². The van der Waals surface area contributed by atoms with Crippen LogP contribution in [-0.4, -0.2) is 33.7 Å². The van der Waals surface area contributed by atoms with Crippen molar-refractivity contribution in [1.29, 1.82) is 0 Å². The SMILES string of the molecule is CC1=[N+](CCC[N+]2=C(C)C(C)(C)c3ccccc32)c2ccccc2C1(C)C. The van der Waals surface area contributed by atoms with Gasteiger partial charge in [0.2, 0.25) is 11.4 Å². The lowest BCUT2D eigenvalue weighted by atomic mass is 9.82. The standard InChI is InChI=1S/C25H32N2/c1-18-24(3,4)20-12-7-9-14-22(20)26(18)16-11-17-27-19(2)25(5,6)21-13-8-10-15-23(21)27/h7-10,12-15H,11,16-17H2,1-6H3/q+2. The van der Waals surface area contributed by atoms with Crippen molar-refractivity contribution < 1.29 is 9.15 Å². The molecule has 0 radical (unpaired) electrons. The third-order valence-corrected chi connectivity index (χ3v) is 7.12. The molecule has 0 spiro atoms. The molecule has 0 aromatic heterocycles. The Morgan fingerprint density at radius 3 is 1.41 bits per heavy atom. The molecule has 4 rings (SSSR count). The van der Waals surface area contributed by atoms with Crippen molar-refractivity contribution in [2.45, 2.75) is 58.8 Å². The Labute approximate surface area is 163 Å². The quantitative estimate of drug-likeness (QED) is 0.629. The minimum atomic E-state index is 0.126. The number of nitrogens with zero attached hydrogens (tertiary/aromatic N) is 2. The number of rotatable bonds is 4. The summed E-state index contributed by atoms with van der Waals surface area (Å²) >= 11 is 0. The predicted molar refractivity (Wildman–Crippen MR) is 114 cm³/mol. The molecule has 0 amide bonds. The normalized spacial score (nSPS) is 19.5. The Kier molecular flexibility index (Phi) is 4.14. The van der Waals surface area contributed by atoms with Gasteiger partial charge in [-0.1, -0.05) is 36.4 Å². The first-order chi connectivity index (χ1) is 12.8. The molecule has 0 fully saturated rings. The van der Waals surface area contributed by atoms with Gasteiger partial charge in [0.15, 0.2) is 24.5 Å². The van der Waals surface area contributed by atoms with Gasteiger partial charge in [0, 0.05) is 37.1 Å². The van der Waals surface area contributed by atoms with Gasteiger partial charge in [0.1, 0.15) is 0 Å². The maximum atomic E-state index is 2.54. The van der Waals surface area contributed by atoms with Crippen LogP contribution in [0.2, 0.25) is 0 Å². The van der Waals surface area contributed by atoms with Crippen LogP contribution in [0.1, 0.15) is 59.1 Å². The number of hydrogen-bond acceptors (Lipinski definition) is 0. The molecule has 2 aliphatic rings.